The van der Waals surface area contributed by atoms with Crippen molar-refractivity contribution in [1.29, 1.82) is 0 Å². The van der Waals surface area contributed by atoms with Crippen LogP contribution in [0.5, 0.6) is 0 Å². The molecule has 2 saturated heterocycles. The molecule has 0 spiro atoms. The smallest absolute Gasteiger partial charge is 0.251 e. The predicted octanol–water partition coefficient (Wildman–Crippen LogP) is 2.69. The van der Waals surface area contributed by atoms with Gasteiger partial charge in [-0.1, -0.05) is 25.1 Å². The van der Waals surface area contributed by atoms with Crippen LogP contribution >= 0.6 is 0 Å². The molecule has 0 radical (unpaired) electrons. The van der Waals surface area contributed by atoms with Crippen LogP contribution in [-0.2, 0) is 9.59 Å². The molecule has 0 aliphatic carbocycles. The largest absolute Gasteiger partial charge is 0.349 e. The Labute approximate surface area is 173 Å². The molecule has 2 fully saturated rings. The summed E-state index contributed by atoms with van der Waals surface area (Å²) in [5.41, 5.74) is 0.596. The van der Waals surface area contributed by atoms with Crippen molar-refractivity contribution in [2.24, 2.45) is 11.8 Å². The lowest BCUT2D eigenvalue weighted by Crippen LogP contribution is -2.47. The van der Waals surface area contributed by atoms with Gasteiger partial charge in [-0.15, -0.1) is 0 Å². The molecule has 29 heavy (non-hydrogen) atoms. The number of nitrogens with one attached hydrogen (secondary N) is 1. The normalized spacial score (nSPS) is 19.7. The molecule has 0 bridgehead atoms. The van der Waals surface area contributed by atoms with Gasteiger partial charge in [0.25, 0.3) is 5.91 Å². The Morgan fingerprint density at radius 2 is 1.55 bits per heavy atom. The molecule has 1 unspecified atom stereocenters. The Bertz CT molecular complexity index is 705. The maximum absolute atomic E-state index is 12.7. The molecule has 1 atom stereocenters. The zero-order valence-corrected chi connectivity index (χ0v) is 17.6. The van der Waals surface area contributed by atoms with Crippen LogP contribution in [0.1, 0.15) is 56.3 Å². The number of rotatable bonds is 5. The van der Waals surface area contributed by atoms with Gasteiger partial charge < -0.3 is 15.1 Å². The highest BCUT2D eigenvalue weighted by molar-refractivity contribution is 5.94. The number of amides is 3. The highest BCUT2D eigenvalue weighted by Crippen LogP contribution is 2.24. The van der Waals surface area contributed by atoms with Gasteiger partial charge in [-0.2, -0.15) is 0 Å². The lowest BCUT2D eigenvalue weighted by molar-refractivity contribution is -0.141. The van der Waals surface area contributed by atoms with Gasteiger partial charge in [-0.3, -0.25) is 14.4 Å². The van der Waals surface area contributed by atoms with E-state index in [4.69, 9.17) is 0 Å². The van der Waals surface area contributed by atoms with Crippen LogP contribution < -0.4 is 5.32 Å². The van der Waals surface area contributed by atoms with E-state index in [-0.39, 0.29) is 36.1 Å². The Morgan fingerprint density at radius 1 is 0.966 bits per heavy atom. The van der Waals surface area contributed by atoms with Crippen LogP contribution in [0.15, 0.2) is 30.3 Å². The van der Waals surface area contributed by atoms with Crippen molar-refractivity contribution in [3.63, 3.8) is 0 Å². The van der Waals surface area contributed by atoms with Crippen molar-refractivity contribution in [1.82, 2.24) is 15.1 Å². The van der Waals surface area contributed by atoms with E-state index in [1.807, 2.05) is 34.9 Å². The predicted molar refractivity (Wildman–Crippen MR) is 112 cm³/mol. The number of carbonyl (C=O) groups excluding carboxylic acids is 3. The van der Waals surface area contributed by atoms with E-state index in [1.54, 1.807) is 12.1 Å². The number of hydrogen-bond acceptors (Lipinski definition) is 3. The lowest BCUT2D eigenvalue weighted by atomic mass is 9.92. The Kier molecular flexibility index (Phi) is 7.29. The van der Waals surface area contributed by atoms with Crippen molar-refractivity contribution in [3.8, 4) is 0 Å². The number of piperidine rings is 2. The standard InChI is InChI=1S/C23H33N3O3/c1-17-8-12-26(13-9-17)23(29)20-10-14-25(15-11-20)21(27)16-18(2)24-22(28)19-6-4-3-5-7-19/h3-7,17-18,20H,8-16H2,1-2H3,(H,24,28). The average molecular weight is 400 g/mol. The van der Waals surface area contributed by atoms with Crippen LogP contribution in [0.3, 0.4) is 0 Å². The summed E-state index contributed by atoms with van der Waals surface area (Å²) in [5.74, 6) is 0.910. The van der Waals surface area contributed by atoms with Gasteiger partial charge >= 0.3 is 0 Å². The van der Waals surface area contributed by atoms with Gasteiger partial charge in [0.05, 0.1) is 0 Å². The zero-order valence-electron chi connectivity index (χ0n) is 17.6. The first-order chi connectivity index (χ1) is 13.9. The van der Waals surface area contributed by atoms with Gasteiger partial charge in [0.15, 0.2) is 0 Å². The molecule has 2 heterocycles. The second-order valence-corrected chi connectivity index (χ2v) is 8.61. The maximum atomic E-state index is 12.7. The number of hydrogen-bond donors (Lipinski definition) is 1. The third-order valence-electron chi connectivity index (χ3n) is 6.19. The number of likely N-dealkylation sites (tertiary alicyclic amines) is 2. The number of nitrogens with zero attached hydrogens (tertiary/aromatic N) is 2. The minimum atomic E-state index is -0.232. The first kappa shape index (κ1) is 21.3. The Hall–Kier alpha value is -2.37. The summed E-state index contributed by atoms with van der Waals surface area (Å²) >= 11 is 0. The summed E-state index contributed by atoms with van der Waals surface area (Å²) in [6.45, 7) is 7.09. The summed E-state index contributed by atoms with van der Waals surface area (Å²) in [6.07, 6.45) is 3.94. The minimum absolute atomic E-state index is 0.0441. The minimum Gasteiger partial charge on any atom is -0.349 e. The summed E-state index contributed by atoms with van der Waals surface area (Å²) in [5, 5.41) is 2.89. The fourth-order valence-corrected chi connectivity index (χ4v) is 4.20. The van der Waals surface area contributed by atoms with Crippen molar-refractivity contribution in [2.45, 2.75) is 52.0 Å². The van der Waals surface area contributed by atoms with Crippen LogP contribution in [0.4, 0.5) is 0 Å². The molecule has 2 aliphatic heterocycles. The quantitative estimate of drug-likeness (QED) is 0.828. The van der Waals surface area contributed by atoms with E-state index >= 15 is 0 Å². The number of carbonyl (C=O) groups is 3. The fourth-order valence-electron chi connectivity index (χ4n) is 4.20. The molecular weight excluding hydrogens is 366 g/mol. The molecule has 1 N–H and O–H groups in total. The fraction of sp³-hybridized carbons (Fsp3) is 0.609. The van der Waals surface area contributed by atoms with E-state index < -0.39 is 0 Å². The van der Waals surface area contributed by atoms with Crippen LogP contribution in [0.25, 0.3) is 0 Å². The van der Waals surface area contributed by atoms with Gasteiger partial charge in [0, 0.05) is 50.1 Å². The third-order valence-corrected chi connectivity index (χ3v) is 6.19. The van der Waals surface area contributed by atoms with E-state index in [0.29, 0.717) is 24.6 Å². The highest BCUT2D eigenvalue weighted by atomic mass is 16.2. The molecule has 0 aromatic heterocycles. The van der Waals surface area contributed by atoms with Crippen molar-refractivity contribution < 1.29 is 14.4 Å². The molecule has 1 aromatic carbocycles. The van der Waals surface area contributed by atoms with Gasteiger partial charge in [-0.05, 0) is 50.7 Å². The molecule has 3 amide bonds. The van der Waals surface area contributed by atoms with Crippen LogP contribution in [0.2, 0.25) is 0 Å². The van der Waals surface area contributed by atoms with E-state index in [0.717, 1.165) is 38.8 Å². The van der Waals surface area contributed by atoms with Gasteiger partial charge in [0.2, 0.25) is 11.8 Å². The lowest BCUT2D eigenvalue weighted by Gasteiger charge is -2.37. The Balaban J connectivity index is 1.41. The third kappa shape index (κ3) is 5.81. The topological polar surface area (TPSA) is 69.7 Å². The van der Waals surface area contributed by atoms with E-state index in [2.05, 4.69) is 12.2 Å². The summed E-state index contributed by atoms with van der Waals surface area (Å²) < 4.78 is 0. The van der Waals surface area contributed by atoms with Gasteiger partial charge in [-0.25, -0.2) is 0 Å². The summed E-state index contributed by atoms with van der Waals surface area (Å²) in [6, 6.07) is 8.79. The van der Waals surface area contributed by atoms with Crippen LogP contribution in [0, 0.1) is 11.8 Å². The second kappa shape index (κ2) is 9.90. The first-order valence-corrected chi connectivity index (χ1v) is 10.9. The molecule has 1 aromatic rings. The number of benzene rings is 1. The molecule has 6 nitrogen and oxygen atoms in total. The highest BCUT2D eigenvalue weighted by Gasteiger charge is 2.31. The zero-order chi connectivity index (χ0) is 20.8. The van der Waals surface area contributed by atoms with E-state index in [9.17, 15) is 14.4 Å². The molecule has 158 valence electrons. The summed E-state index contributed by atoms with van der Waals surface area (Å²) in [7, 11) is 0. The summed E-state index contributed by atoms with van der Waals surface area (Å²) in [4.78, 5) is 41.4. The van der Waals surface area contributed by atoms with Gasteiger partial charge in [0.1, 0.15) is 0 Å². The molecule has 0 saturated carbocycles. The van der Waals surface area contributed by atoms with E-state index in [1.165, 1.54) is 0 Å². The monoisotopic (exact) mass is 399 g/mol. The SMILES string of the molecule is CC1CCN(C(=O)C2CCN(C(=O)CC(C)NC(=O)c3ccccc3)CC2)CC1. The molecular formula is C23H33N3O3. The van der Waals surface area contributed by atoms with Crippen molar-refractivity contribution >= 4 is 17.7 Å². The van der Waals surface area contributed by atoms with Crippen LogP contribution in [-0.4, -0.2) is 59.7 Å². The molecule has 6 heteroatoms. The Morgan fingerprint density at radius 3 is 2.17 bits per heavy atom. The maximum Gasteiger partial charge on any atom is 0.251 e. The van der Waals surface area contributed by atoms with Crippen molar-refractivity contribution in [2.75, 3.05) is 26.2 Å². The molecule has 2 aliphatic rings. The second-order valence-electron chi connectivity index (χ2n) is 8.61. The average Bonchev–Trinajstić information content (AvgIpc) is 2.74. The van der Waals surface area contributed by atoms with Crippen molar-refractivity contribution in [3.05, 3.63) is 35.9 Å². The first-order valence-electron chi connectivity index (χ1n) is 10.9. The molecule has 3 rings (SSSR count).